The molecule has 3 N–H and O–H groups in total. The number of hydrogen-bond donors (Lipinski definition) is 2. The molecule has 1 unspecified atom stereocenters. The third-order valence-corrected chi connectivity index (χ3v) is 3.05. The second-order valence-electron chi connectivity index (χ2n) is 4.13. The van der Waals surface area contributed by atoms with Gasteiger partial charge < -0.3 is 4.74 Å². The van der Waals surface area contributed by atoms with Gasteiger partial charge in [0.2, 0.25) is 0 Å². The zero-order valence-corrected chi connectivity index (χ0v) is 11.5. The van der Waals surface area contributed by atoms with Crippen LogP contribution in [0.1, 0.15) is 31.0 Å². The molecule has 3 nitrogen and oxygen atoms in total. The Labute approximate surface area is 105 Å². The van der Waals surface area contributed by atoms with Crippen LogP contribution in [0.4, 0.5) is 0 Å². The summed E-state index contributed by atoms with van der Waals surface area (Å²) >= 11 is 3.53. The number of aryl methyl sites for hydroxylation is 1. The molecular weight excluding hydrogens is 268 g/mol. The Morgan fingerprint density at radius 3 is 2.69 bits per heavy atom. The molecule has 0 radical (unpaired) electrons. The molecule has 0 spiro atoms. The average molecular weight is 287 g/mol. The monoisotopic (exact) mass is 286 g/mol. The molecule has 1 rings (SSSR count). The van der Waals surface area contributed by atoms with E-state index in [0.29, 0.717) is 6.61 Å². The number of hydrogen-bond acceptors (Lipinski definition) is 3. The number of hydrazine groups is 1. The molecule has 0 aliphatic carbocycles. The molecule has 90 valence electrons. The van der Waals surface area contributed by atoms with Gasteiger partial charge in [0.1, 0.15) is 0 Å². The van der Waals surface area contributed by atoms with Crippen LogP contribution < -0.4 is 11.3 Å². The van der Waals surface area contributed by atoms with E-state index >= 15 is 0 Å². The molecule has 0 aliphatic heterocycles. The largest absolute Gasteiger partial charge is 0.377 e. The van der Waals surface area contributed by atoms with E-state index in [-0.39, 0.29) is 12.1 Å². The van der Waals surface area contributed by atoms with Crippen molar-refractivity contribution in [2.45, 2.75) is 32.9 Å². The van der Waals surface area contributed by atoms with Crippen LogP contribution in [0, 0.1) is 6.92 Å². The van der Waals surface area contributed by atoms with Gasteiger partial charge in [-0.2, -0.15) is 0 Å². The molecule has 0 aromatic heterocycles. The fraction of sp³-hybridized carbons (Fsp3) is 0.500. The SMILES string of the molecule is Cc1ccc(Br)c(C(COC(C)C)NN)c1. The number of halogens is 1. The highest BCUT2D eigenvalue weighted by atomic mass is 79.9. The first-order valence-corrected chi connectivity index (χ1v) is 6.17. The Bertz CT molecular complexity index is 342. The van der Waals surface area contributed by atoms with Crippen LogP contribution in [-0.4, -0.2) is 12.7 Å². The van der Waals surface area contributed by atoms with E-state index in [4.69, 9.17) is 10.6 Å². The summed E-state index contributed by atoms with van der Waals surface area (Å²) in [5.41, 5.74) is 5.13. The molecule has 16 heavy (non-hydrogen) atoms. The van der Waals surface area contributed by atoms with E-state index in [2.05, 4.69) is 40.4 Å². The lowest BCUT2D eigenvalue weighted by molar-refractivity contribution is 0.0610. The highest BCUT2D eigenvalue weighted by Gasteiger charge is 2.14. The van der Waals surface area contributed by atoms with Crippen molar-refractivity contribution in [3.63, 3.8) is 0 Å². The van der Waals surface area contributed by atoms with Crippen LogP contribution in [0.5, 0.6) is 0 Å². The van der Waals surface area contributed by atoms with Crippen molar-refractivity contribution in [3.05, 3.63) is 33.8 Å². The van der Waals surface area contributed by atoms with E-state index in [1.807, 2.05) is 19.9 Å². The van der Waals surface area contributed by atoms with Gasteiger partial charge in [-0.15, -0.1) is 0 Å². The molecular formula is C12H19BrN2O. The van der Waals surface area contributed by atoms with Crippen molar-refractivity contribution in [2.24, 2.45) is 5.84 Å². The van der Waals surface area contributed by atoms with Gasteiger partial charge in [0.15, 0.2) is 0 Å². The third-order valence-electron chi connectivity index (χ3n) is 2.32. The smallest absolute Gasteiger partial charge is 0.0705 e. The first-order chi connectivity index (χ1) is 7.54. The van der Waals surface area contributed by atoms with Crippen molar-refractivity contribution < 1.29 is 4.74 Å². The van der Waals surface area contributed by atoms with E-state index < -0.39 is 0 Å². The number of rotatable bonds is 5. The van der Waals surface area contributed by atoms with Gasteiger partial charge >= 0.3 is 0 Å². The minimum atomic E-state index is 0.0108. The van der Waals surface area contributed by atoms with Crippen LogP contribution in [0.3, 0.4) is 0 Å². The molecule has 0 fully saturated rings. The van der Waals surface area contributed by atoms with E-state index in [1.54, 1.807) is 0 Å². The van der Waals surface area contributed by atoms with Crippen LogP contribution in [0.2, 0.25) is 0 Å². The topological polar surface area (TPSA) is 47.3 Å². The van der Waals surface area contributed by atoms with Crippen molar-refractivity contribution in [1.82, 2.24) is 5.43 Å². The summed E-state index contributed by atoms with van der Waals surface area (Å²) in [4.78, 5) is 0. The molecule has 0 saturated carbocycles. The fourth-order valence-corrected chi connectivity index (χ4v) is 1.97. The number of ether oxygens (including phenoxy) is 1. The molecule has 0 amide bonds. The maximum absolute atomic E-state index is 5.58. The predicted octanol–water partition coefficient (Wildman–Crippen LogP) is 2.69. The van der Waals surface area contributed by atoms with Crippen LogP contribution in [0.15, 0.2) is 22.7 Å². The van der Waals surface area contributed by atoms with Crippen LogP contribution >= 0.6 is 15.9 Å². The molecule has 1 aromatic carbocycles. The summed E-state index contributed by atoms with van der Waals surface area (Å²) in [5.74, 6) is 5.56. The summed E-state index contributed by atoms with van der Waals surface area (Å²) < 4.78 is 6.63. The highest BCUT2D eigenvalue weighted by molar-refractivity contribution is 9.10. The van der Waals surface area contributed by atoms with E-state index in [9.17, 15) is 0 Å². The zero-order chi connectivity index (χ0) is 12.1. The Balaban J connectivity index is 2.81. The molecule has 0 saturated heterocycles. The molecule has 4 heteroatoms. The van der Waals surface area contributed by atoms with Gasteiger partial charge in [0.25, 0.3) is 0 Å². The number of nitrogens with one attached hydrogen (secondary N) is 1. The maximum atomic E-state index is 5.58. The molecule has 0 aliphatic rings. The second kappa shape index (κ2) is 6.35. The van der Waals surface area contributed by atoms with Crippen molar-refractivity contribution in [2.75, 3.05) is 6.61 Å². The minimum Gasteiger partial charge on any atom is -0.377 e. The average Bonchev–Trinajstić information content (AvgIpc) is 2.23. The number of nitrogens with two attached hydrogens (primary N) is 1. The Morgan fingerprint density at radius 1 is 1.44 bits per heavy atom. The normalized spacial score (nSPS) is 13.1. The van der Waals surface area contributed by atoms with Crippen LogP contribution in [0.25, 0.3) is 0 Å². The van der Waals surface area contributed by atoms with Gasteiger partial charge in [-0.3, -0.25) is 11.3 Å². The molecule has 0 bridgehead atoms. The van der Waals surface area contributed by atoms with Crippen molar-refractivity contribution in [1.29, 1.82) is 0 Å². The van der Waals surface area contributed by atoms with Crippen molar-refractivity contribution >= 4 is 15.9 Å². The minimum absolute atomic E-state index is 0.0108. The Morgan fingerprint density at radius 2 is 2.12 bits per heavy atom. The van der Waals surface area contributed by atoms with E-state index in [0.717, 1.165) is 10.0 Å². The third kappa shape index (κ3) is 3.87. The Kier molecular flexibility index (Phi) is 5.41. The Hall–Kier alpha value is -0.420. The lowest BCUT2D eigenvalue weighted by Gasteiger charge is -2.19. The van der Waals surface area contributed by atoms with Crippen LogP contribution in [-0.2, 0) is 4.74 Å². The first kappa shape index (κ1) is 13.6. The summed E-state index contributed by atoms with van der Waals surface area (Å²) in [7, 11) is 0. The van der Waals surface area contributed by atoms with Gasteiger partial charge in [0.05, 0.1) is 18.8 Å². The highest BCUT2D eigenvalue weighted by Crippen LogP contribution is 2.24. The summed E-state index contributed by atoms with van der Waals surface area (Å²) in [6, 6.07) is 6.21. The quantitative estimate of drug-likeness (QED) is 0.646. The van der Waals surface area contributed by atoms with Gasteiger partial charge in [-0.1, -0.05) is 33.6 Å². The number of benzene rings is 1. The standard InChI is InChI=1S/C12H19BrN2O/c1-8(2)16-7-12(15-14)10-6-9(3)4-5-11(10)13/h4-6,8,12,15H,7,14H2,1-3H3. The van der Waals surface area contributed by atoms with Gasteiger partial charge in [-0.25, -0.2) is 0 Å². The van der Waals surface area contributed by atoms with E-state index in [1.165, 1.54) is 5.56 Å². The molecule has 1 aromatic rings. The zero-order valence-electron chi connectivity index (χ0n) is 9.96. The summed E-state index contributed by atoms with van der Waals surface area (Å²) in [6.45, 7) is 6.65. The fourth-order valence-electron chi connectivity index (χ4n) is 1.45. The summed E-state index contributed by atoms with van der Waals surface area (Å²) in [5, 5.41) is 0. The lowest BCUT2D eigenvalue weighted by atomic mass is 10.1. The van der Waals surface area contributed by atoms with Gasteiger partial charge in [0, 0.05) is 4.47 Å². The van der Waals surface area contributed by atoms with Crippen molar-refractivity contribution in [3.8, 4) is 0 Å². The molecule has 0 heterocycles. The van der Waals surface area contributed by atoms with Gasteiger partial charge in [-0.05, 0) is 32.4 Å². The second-order valence-corrected chi connectivity index (χ2v) is 4.98. The lowest BCUT2D eigenvalue weighted by Crippen LogP contribution is -2.32. The molecule has 1 atom stereocenters. The summed E-state index contributed by atoms with van der Waals surface area (Å²) in [6.07, 6.45) is 0.208. The maximum Gasteiger partial charge on any atom is 0.0705 e. The first-order valence-electron chi connectivity index (χ1n) is 5.38. The predicted molar refractivity (Wildman–Crippen MR) is 70.0 cm³/mol.